The van der Waals surface area contributed by atoms with Gasteiger partial charge in [-0.2, -0.15) is 0 Å². The van der Waals surface area contributed by atoms with Gasteiger partial charge in [0.2, 0.25) is 0 Å². The van der Waals surface area contributed by atoms with Crippen molar-refractivity contribution >= 4 is 32.9 Å². The van der Waals surface area contributed by atoms with E-state index < -0.39 is 5.60 Å². The number of carbonyl (C=O) groups is 1. The van der Waals surface area contributed by atoms with Crippen LogP contribution in [0.3, 0.4) is 0 Å². The topological polar surface area (TPSA) is 31.2 Å². The van der Waals surface area contributed by atoms with Gasteiger partial charge >= 0.3 is 6.09 Å². The highest BCUT2D eigenvalue weighted by Gasteiger charge is 2.34. The molecule has 0 bridgehead atoms. The molecule has 2 heterocycles. The highest BCUT2D eigenvalue weighted by molar-refractivity contribution is 9.08. The smallest absolute Gasteiger partial charge is 0.419 e. The molecule has 1 aliphatic heterocycles. The van der Waals surface area contributed by atoms with Gasteiger partial charge in [0.05, 0.1) is 5.52 Å². The molecule has 3 rings (SSSR count). The van der Waals surface area contributed by atoms with Crippen LogP contribution in [0.4, 0.5) is 4.79 Å². The van der Waals surface area contributed by atoms with Crippen molar-refractivity contribution in [2.24, 2.45) is 0 Å². The number of carbonyl (C=O) groups excluding carboxylic acids is 1. The Morgan fingerprint density at radius 2 is 2.12 bits per heavy atom. The van der Waals surface area contributed by atoms with Gasteiger partial charge in [-0.15, -0.1) is 0 Å². The van der Waals surface area contributed by atoms with E-state index in [4.69, 9.17) is 4.74 Å². The van der Waals surface area contributed by atoms with Crippen LogP contribution in [0, 0.1) is 0 Å². The summed E-state index contributed by atoms with van der Waals surface area (Å²) in [5.41, 5.74) is 2.66. The lowest BCUT2D eigenvalue weighted by Gasteiger charge is -2.31. The summed E-state index contributed by atoms with van der Waals surface area (Å²) in [6.45, 7) is 3.84. The summed E-state index contributed by atoms with van der Waals surface area (Å²) in [6.07, 6.45) is 1.47. The van der Waals surface area contributed by atoms with E-state index in [1.165, 1.54) is 5.56 Å². The van der Waals surface area contributed by atoms with E-state index in [0.29, 0.717) is 0 Å². The number of halogens is 1. The second kappa shape index (κ2) is 3.35. The minimum atomic E-state index is -0.561. The summed E-state index contributed by atoms with van der Waals surface area (Å²) in [5, 5.41) is 1.90. The number of alkyl halides is 1. The average Bonchev–Trinajstić information content (AvgIpc) is 2.70. The molecule has 1 aromatic carbocycles. The van der Waals surface area contributed by atoms with Gasteiger partial charge < -0.3 is 4.74 Å². The van der Waals surface area contributed by atoms with Crippen molar-refractivity contribution < 1.29 is 9.53 Å². The number of aromatic nitrogens is 1. The van der Waals surface area contributed by atoms with Crippen LogP contribution in [-0.2, 0) is 15.7 Å². The van der Waals surface area contributed by atoms with E-state index >= 15 is 0 Å². The van der Waals surface area contributed by atoms with Gasteiger partial charge in [-0.25, -0.2) is 4.79 Å². The first-order valence-electron chi connectivity index (χ1n) is 5.47. The zero-order valence-electron chi connectivity index (χ0n) is 9.66. The molecule has 2 aromatic rings. The fraction of sp³-hybridized carbons (Fsp3) is 0.308. The molecule has 0 saturated heterocycles. The highest BCUT2D eigenvalue weighted by atomic mass is 79.9. The molecule has 1 aromatic heterocycles. The van der Waals surface area contributed by atoms with Gasteiger partial charge in [-0.3, -0.25) is 4.57 Å². The number of hydrogen-bond acceptors (Lipinski definition) is 2. The van der Waals surface area contributed by atoms with Crippen molar-refractivity contribution in [1.82, 2.24) is 4.57 Å². The minimum Gasteiger partial charge on any atom is -0.438 e. The van der Waals surface area contributed by atoms with Gasteiger partial charge in [-0.1, -0.05) is 28.1 Å². The van der Waals surface area contributed by atoms with E-state index in [1.807, 2.05) is 26.0 Å². The van der Waals surface area contributed by atoms with Gasteiger partial charge in [0.25, 0.3) is 0 Å². The standard InChI is InChI=1S/C13H12BrNO2/c1-13(2)10-4-3-8(7-14)9-5-6-15(11(9)10)12(16)17-13/h3-6H,7H2,1-2H3. The lowest BCUT2D eigenvalue weighted by Crippen LogP contribution is -2.33. The van der Waals surface area contributed by atoms with Crippen molar-refractivity contribution in [3.63, 3.8) is 0 Å². The molecule has 1 aliphatic rings. The summed E-state index contributed by atoms with van der Waals surface area (Å²) in [5.74, 6) is 0. The molecule has 0 radical (unpaired) electrons. The normalized spacial score (nSPS) is 17.2. The molecule has 0 spiro atoms. The van der Waals surface area contributed by atoms with Crippen LogP contribution in [0.2, 0.25) is 0 Å². The maximum atomic E-state index is 11.9. The Morgan fingerprint density at radius 1 is 1.35 bits per heavy atom. The van der Waals surface area contributed by atoms with Gasteiger partial charge in [0.15, 0.2) is 0 Å². The molecular weight excluding hydrogens is 282 g/mol. The average molecular weight is 294 g/mol. The second-order valence-corrected chi connectivity index (χ2v) is 5.29. The molecule has 4 heteroatoms. The Kier molecular flexibility index (Phi) is 2.14. The van der Waals surface area contributed by atoms with E-state index in [2.05, 4.69) is 22.0 Å². The predicted molar refractivity (Wildman–Crippen MR) is 69.5 cm³/mol. The van der Waals surface area contributed by atoms with Crippen LogP contribution in [0.15, 0.2) is 24.4 Å². The quantitative estimate of drug-likeness (QED) is 0.750. The summed E-state index contributed by atoms with van der Waals surface area (Å²) < 4.78 is 7.02. The number of hydrogen-bond donors (Lipinski definition) is 0. The third-order valence-corrected chi connectivity index (χ3v) is 3.87. The number of benzene rings is 1. The third-order valence-electron chi connectivity index (χ3n) is 3.27. The molecule has 88 valence electrons. The molecule has 0 N–H and O–H groups in total. The molecule has 0 unspecified atom stereocenters. The maximum Gasteiger partial charge on any atom is 0.419 e. The summed E-state index contributed by atoms with van der Waals surface area (Å²) in [6, 6.07) is 6.09. The van der Waals surface area contributed by atoms with E-state index in [1.54, 1.807) is 10.8 Å². The van der Waals surface area contributed by atoms with Crippen molar-refractivity contribution in [3.8, 4) is 0 Å². The molecule has 0 fully saturated rings. The third kappa shape index (κ3) is 1.37. The largest absolute Gasteiger partial charge is 0.438 e. The molecule has 0 aliphatic carbocycles. The van der Waals surface area contributed by atoms with Crippen LogP contribution in [0.5, 0.6) is 0 Å². The maximum absolute atomic E-state index is 11.9. The molecule has 0 atom stereocenters. The monoisotopic (exact) mass is 293 g/mol. The SMILES string of the molecule is CC1(C)OC(=O)n2ccc3c(CBr)ccc1c32. The van der Waals surface area contributed by atoms with Crippen LogP contribution in [0.1, 0.15) is 25.0 Å². The molecule has 0 saturated carbocycles. The van der Waals surface area contributed by atoms with Gasteiger partial charge in [0.1, 0.15) is 5.60 Å². The fourth-order valence-corrected chi connectivity index (χ4v) is 2.88. The lowest BCUT2D eigenvalue weighted by molar-refractivity contribution is 0.0331. The first-order chi connectivity index (χ1) is 8.04. The van der Waals surface area contributed by atoms with E-state index in [0.717, 1.165) is 21.8 Å². The number of ether oxygens (including phenoxy) is 1. The Hall–Kier alpha value is -1.29. The zero-order chi connectivity index (χ0) is 12.2. The summed E-state index contributed by atoms with van der Waals surface area (Å²) in [4.78, 5) is 11.9. The summed E-state index contributed by atoms with van der Waals surface area (Å²) >= 11 is 3.47. The van der Waals surface area contributed by atoms with E-state index in [9.17, 15) is 4.79 Å². The predicted octanol–water partition coefficient (Wildman–Crippen LogP) is 3.77. The highest BCUT2D eigenvalue weighted by Crippen LogP contribution is 2.38. The molecule has 0 amide bonds. The lowest BCUT2D eigenvalue weighted by atomic mass is 9.93. The Morgan fingerprint density at radius 3 is 2.82 bits per heavy atom. The van der Waals surface area contributed by atoms with E-state index in [-0.39, 0.29) is 6.09 Å². The van der Waals surface area contributed by atoms with Crippen molar-refractivity contribution in [2.75, 3.05) is 0 Å². The Balaban J connectivity index is 2.46. The van der Waals surface area contributed by atoms with Crippen LogP contribution in [-0.4, -0.2) is 10.7 Å². The van der Waals surface area contributed by atoms with Crippen molar-refractivity contribution in [3.05, 3.63) is 35.5 Å². The van der Waals surface area contributed by atoms with Crippen molar-refractivity contribution in [1.29, 1.82) is 0 Å². The Bertz CT molecular complexity index is 628. The first kappa shape index (κ1) is 10.8. The second-order valence-electron chi connectivity index (χ2n) is 4.73. The summed E-state index contributed by atoms with van der Waals surface area (Å²) in [7, 11) is 0. The zero-order valence-corrected chi connectivity index (χ0v) is 11.2. The first-order valence-corrected chi connectivity index (χ1v) is 6.59. The number of nitrogens with zero attached hydrogens (tertiary/aromatic N) is 1. The van der Waals surface area contributed by atoms with Crippen LogP contribution in [0.25, 0.3) is 10.9 Å². The van der Waals surface area contributed by atoms with Crippen LogP contribution >= 0.6 is 15.9 Å². The number of rotatable bonds is 1. The fourth-order valence-electron chi connectivity index (χ4n) is 2.40. The van der Waals surface area contributed by atoms with Crippen molar-refractivity contribution in [2.45, 2.75) is 24.8 Å². The number of cyclic esters (lactones) is 1. The molecule has 17 heavy (non-hydrogen) atoms. The minimum absolute atomic E-state index is 0.302. The molecular formula is C13H12BrNO2. The van der Waals surface area contributed by atoms with Gasteiger partial charge in [-0.05, 0) is 25.5 Å². The van der Waals surface area contributed by atoms with Crippen LogP contribution < -0.4 is 0 Å². The Labute approximate surface area is 107 Å². The molecule has 3 nitrogen and oxygen atoms in total. The van der Waals surface area contributed by atoms with Gasteiger partial charge in [0, 0.05) is 22.5 Å².